The minimum absolute atomic E-state index is 0.723. The molecule has 0 bridgehead atoms. The van der Waals surface area contributed by atoms with Gasteiger partial charge in [0.15, 0.2) is 5.49 Å². The van der Waals surface area contributed by atoms with Crippen molar-refractivity contribution in [2.75, 3.05) is 0 Å². The monoisotopic (exact) mass is 134 g/mol. The van der Waals surface area contributed by atoms with Gasteiger partial charge in [-0.15, -0.1) is 0 Å². The molecule has 4 nitrogen and oxygen atoms in total. The molecule has 0 fully saturated rings. The van der Waals surface area contributed by atoms with Crippen LogP contribution in [0.2, 0.25) is 0 Å². The molecule has 0 saturated carbocycles. The van der Waals surface area contributed by atoms with Gasteiger partial charge in [-0.25, -0.2) is 9.98 Å². The van der Waals surface area contributed by atoms with Gasteiger partial charge in [0.05, 0.1) is 6.33 Å². The Kier molecular flexibility index (Phi) is 1.04. The van der Waals surface area contributed by atoms with E-state index in [2.05, 4.69) is 20.3 Å². The molecule has 0 aliphatic carbocycles. The second-order valence-corrected chi connectivity index (χ2v) is 1.90. The second-order valence-electron chi connectivity index (χ2n) is 1.90. The van der Waals surface area contributed by atoms with Crippen LogP contribution in [0.5, 0.6) is 0 Å². The first-order valence-electron chi connectivity index (χ1n) is 2.95. The van der Waals surface area contributed by atoms with E-state index in [4.69, 9.17) is 0 Å². The lowest BCUT2D eigenvalue weighted by atomic mass is 10.6. The third kappa shape index (κ3) is 0.699. The average molecular weight is 134 g/mol. The summed E-state index contributed by atoms with van der Waals surface area (Å²) in [7, 11) is 0. The van der Waals surface area contributed by atoms with Crippen LogP contribution in [0.4, 0.5) is 0 Å². The molecule has 0 radical (unpaired) electrons. The smallest absolute Gasteiger partial charge is 0.178 e. The number of aromatic amines is 1. The van der Waals surface area contributed by atoms with Crippen LogP contribution in [-0.4, -0.2) is 9.97 Å². The summed E-state index contributed by atoms with van der Waals surface area (Å²) in [6.07, 6.45) is 6.85. The largest absolute Gasteiger partial charge is 0.364 e. The van der Waals surface area contributed by atoms with E-state index in [0.717, 1.165) is 10.8 Å². The van der Waals surface area contributed by atoms with Gasteiger partial charge in [-0.3, -0.25) is 0 Å². The molecule has 2 heterocycles. The number of aromatic nitrogens is 2. The normalized spacial score (nSPS) is 14.0. The molecular weight excluding hydrogens is 128 g/mol. The minimum Gasteiger partial charge on any atom is -0.364 e. The van der Waals surface area contributed by atoms with Crippen LogP contribution in [0.15, 0.2) is 23.7 Å². The summed E-state index contributed by atoms with van der Waals surface area (Å²) in [6, 6.07) is 0. The van der Waals surface area contributed by atoms with Gasteiger partial charge >= 0.3 is 0 Å². The van der Waals surface area contributed by atoms with Crippen molar-refractivity contribution in [3.63, 3.8) is 0 Å². The molecule has 1 aliphatic heterocycles. The number of hydrogen-bond donors (Lipinski definition) is 2. The lowest BCUT2D eigenvalue weighted by Gasteiger charge is -1.79. The van der Waals surface area contributed by atoms with Gasteiger partial charge in [0.1, 0.15) is 5.35 Å². The van der Waals surface area contributed by atoms with Gasteiger partial charge < -0.3 is 10.3 Å². The van der Waals surface area contributed by atoms with Gasteiger partial charge in [0.2, 0.25) is 0 Å². The SMILES string of the molecule is C1=CNC=c2[nH]cnc2=N1. The third-order valence-electron chi connectivity index (χ3n) is 1.24. The van der Waals surface area contributed by atoms with Crippen molar-refractivity contribution in [3.05, 3.63) is 29.6 Å². The number of rotatable bonds is 0. The predicted octanol–water partition coefficient (Wildman–Crippen LogP) is -1.16. The van der Waals surface area contributed by atoms with Crippen LogP contribution < -0.4 is 16.2 Å². The van der Waals surface area contributed by atoms with Crippen molar-refractivity contribution in [2.24, 2.45) is 4.99 Å². The standard InChI is InChI=1S/C6H6N4/c1-2-8-6-5(3-7-1)9-4-10-6/h1-4,7H,(H,8,9,10). The highest BCUT2D eigenvalue weighted by atomic mass is 15.0. The quantitative estimate of drug-likeness (QED) is 0.470. The van der Waals surface area contributed by atoms with Crippen molar-refractivity contribution in [2.45, 2.75) is 0 Å². The highest BCUT2D eigenvalue weighted by Crippen LogP contribution is 1.70. The summed E-state index contributed by atoms with van der Waals surface area (Å²) in [5.74, 6) is 0. The topological polar surface area (TPSA) is 53.1 Å². The molecule has 0 aromatic carbocycles. The molecule has 0 unspecified atom stereocenters. The van der Waals surface area contributed by atoms with Crippen LogP contribution in [0, 0.1) is 0 Å². The Balaban J connectivity index is 2.82. The Labute approximate surface area is 57.0 Å². The van der Waals surface area contributed by atoms with E-state index in [-0.39, 0.29) is 0 Å². The number of H-pyrrole nitrogens is 1. The lowest BCUT2D eigenvalue weighted by Crippen LogP contribution is -2.25. The minimum atomic E-state index is 0.723. The third-order valence-corrected chi connectivity index (χ3v) is 1.24. The molecule has 1 aliphatic rings. The number of fused-ring (bicyclic) bond motifs is 1. The molecule has 10 heavy (non-hydrogen) atoms. The fourth-order valence-corrected chi connectivity index (χ4v) is 0.788. The van der Waals surface area contributed by atoms with Crippen molar-refractivity contribution in [1.82, 2.24) is 15.3 Å². The Morgan fingerprint density at radius 3 is 3.40 bits per heavy atom. The second kappa shape index (κ2) is 1.98. The average Bonchev–Trinajstić information content (AvgIpc) is 2.28. The van der Waals surface area contributed by atoms with Gasteiger partial charge in [0, 0.05) is 18.6 Å². The van der Waals surface area contributed by atoms with Crippen molar-refractivity contribution in [3.8, 4) is 0 Å². The zero-order valence-electron chi connectivity index (χ0n) is 5.20. The molecule has 1 aromatic rings. The molecule has 4 heteroatoms. The van der Waals surface area contributed by atoms with Crippen molar-refractivity contribution < 1.29 is 0 Å². The molecule has 2 rings (SSSR count). The summed E-state index contributed by atoms with van der Waals surface area (Å²) in [4.78, 5) is 10.9. The van der Waals surface area contributed by atoms with E-state index < -0.39 is 0 Å². The van der Waals surface area contributed by atoms with E-state index in [1.807, 2.05) is 6.20 Å². The number of nitrogens with zero attached hydrogens (tertiary/aromatic N) is 2. The van der Waals surface area contributed by atoms with Gasteiger partial charge in [0.25, 0.3) is 0 Å². The highest BCUT2D eigenvalue weighted by molar-refractivity contribution is 5.18. The van der Waals surface area contributed by atoms with Crippen LogP contribution in [0.25, 0.3) is 6.20 Å². The van der Waals surface area contributed by atoms with Crippen molar-refractivity contribution in [1.29, 1.82) is 0 Å². The summed E-state index contributed by atoms with van der Waals surface area (Å²) >= 11 is 0. The predicted molar refractivity (Wildman–Crippen MR) is 36.1 cm³/mol. The Morgan fingerprint density at radius 2 is 2.40 bits per heavy atom. The molecule has 1 aromatic heterocycles. The van der Waals surface area contributed by atoms with Crippen molar-refractivity contribution >= 4 is 6.20 Å². The molecule has 0 saturated heterocycles. The summed E-state index contributed by atoms with van der Waals surface area (Å²) in [5, 5.41) is 3.83. The maximum absolute atomic E-state index is 4.03. The van der Waals surface area contributed by atoms with Crippen LogP contribution in [-0.2, 0) is 0 Å². The zero-order valence-corrected chi connectivity index (χ0v) is 5.20. The van der Waals surface area contributed by atoms with E-state index in [1.165, 1.54) is 0 Å². The van der Waals surface area contributed by atoms with E-state index in [1.54, 1.807) is 18.7 Å². The van der Waals surface area contributed by atoms with Gasteiger partial charge in [-0.1, -0.05) is 0 Å². The zero-order chi connectivity index (χ0) is 6.81. The summed E-state index contributed by atoms with van der Waals surface area (Å²) in [5.41, 5.74) is 0.723. The van der Waals surface area contributed by atoms with Gasteiger partial charge in [-0.2, -0.15) is 0 Å². The number of imidazole rings is 1. The maximum Gasteiger partial charge on any atom is 0.178 e. The van der Waals surface area contributed by atoms with E-state index >= 15 is 0 Å². The van der Waals surface area contributed by atoms with Crippen LogP contribution in [0.3, 0.4) is 0 Å². The molecule has 0 atom stereocenters. The molecule has 0 spiro atoms. The summed E-state index contributed by atoms with van der Waals surface area (Å²) in [6.45, 7) is 0. The summed E-state index contributed by atoms with van der Waals surface area (Å²) < 4.78 is 0. The molecule has 2 N–H and O–H groups in total. The van der Waals surface area contributed by atoms with Crippen LogP contribution >= 0.6 is 0 Å². The number of hydrogen-bond acceptors (Lipinski definition) is 3. The Morgan fingerprint density at radius 1 is 1.40 bits per heavy atom. The Hall–Kier alpha value is -1.58. The fourth-order valence-electron chi connectivity index (χ4n) is 0.788. The fraction of sp³-hybridized carbons (Fsp3) is 0. The Bertz CT molecular complexity index is 359. The molecule has 50 valence electrons. The molecular formula is C6H6N4. The van der Waals surface area contributed by atoms with E-state index in [0.29, 0.717) is 0 Å². The first-order valence-corrected chi connectivity index (χ1v) is 2.95. The first-order chi connectivity index (χ1) is 4.97. The van der Waals surface area contributed by atoms with Crippen LogP contribution in [0.1, 0.15) is 0 Å². The maximum atomic E-state index is 4.03. The lowest BCUT2D eigenvalue weighted by molar-refractivity contribution is 1.18. The number of nitrogens with one attached hydrogen (secondary N) is 2. The first kappa shape index (κ1) is 5.22. The highest BCUT2D eigenvalue weighted by Gasteiger charge is 1.87. The molecule has 0 amide bonds. The van der Waals surface area contributed by atoms with E-state index in [9.17, 15) is 0 Å². The van der Waals surface area contributed by atoms with Gasteiger partial charge in [-0.05, 0) is 0 Å².